The Morgan fingerprint density at radius 1 is 1.33 bits per heavy atom. The molecule has 1 aromatic rings. The number of rotatable bonds is 4. The van der Waals surface area contributed by atoms with Gasteiger partial charge in [-0.2, -0.15) is 0 Å². The Morgan fingerprint density at radius 2 is 1.94 bits per heavy atom. The van der Waals surface area contributed by atoms with Crippen LogP contribution in [0.4, 0.5) is 0 Å². The summed E-state index contributed by atoms with van der Waals surface area (Å²) in [4.78, 5) is 0. The predicted octanol–water partition coefficient (Wildman–Crippen LogP) is 2.36. The molecule has 1 fully saturated rings. The average Bonchev–Trinajstić information content (AvgIpc) is 2.42. The van der Waals surface area contributed by atoms with Crippen molar-refractivity contribution in [1.82, 2.24) is 0 Å². The summed E-state index contributed by atoms with van der Waals surface area (Å²) in [5.74, 6) is 0. The van der Waals surface area contributed by atoms with Gasteiger partial charge in [-0.3, -0.25) is 0 Å². The average molecular weight is 361 g/mol. The third-order valence-electron chi connectivity index (χ3n) is 3.79. The van der Waals surface area contributed by atoms with Crippen LogP contribution in [0.3, 0.4) is 0 Å². The molecule has 0 aromatic heterocycles. The van der Waals surface area contributed by atoms with E-state index in [9.17, 15) is 0 Å². The van der Waals surface area contributed by atoms with E-state index in [0.717, 1.165) is 32.5 Å². The zero-order valence-electron chi connectivity index (χ0n) is 10.7. The van der Waals surface area contributed by atoms with Gasteiger partial charge in [0.15, 0.2) is 0 Å². The van der Waals surface area contributed by atoms with Crippen LogP contribution in [-0.4, -0.2) is 32.0 Å². The van der Waals surface area contributed by atoms with Gasteiger partial charge in [-0.05, 0) is 46.7 Å². The Morgan fingerprint density at radius 3 is 2.50 bits per heavy atom. The summed E-state index contributed by atoms with van der Waals surface area (Å²) in [6.07, 6.45) is 2.62. The van der Waals surface area contributed by atoms with Gasteiger partial charge in [0.25, 0.3) is 0 Å². The summed E-state index contributed by atoms with van der Waals surface area (Å²) < 4.78 is 12.4. The Labute approximate surface area is 122 Å². The second kappa shape index (κ2) is 6.32. The standard InChI is InChI=1S/C14H20INO2/c1-17-14(6-8-18-9-7-14)13(16)10-11-2-4-12(15)5-3-11/h2-5,13H,6-10,16H2,1H3. The van der Waals surface area contributed by atoms with Crippen molar-refractivity contribution in [3.8, 4) is 0 Å². The van der Waals surface area contributed by atoms with Crippen molar-refractivity contribution >= 4 is 22.6 Å². The molecule has 0 spiro atoms. The molecule has 1 atom stereocenters. The zero-order valence-corrected chi connectivity index (χ0v) is 12.9. The maximum atomic E-state index is 6.38. The van der Waals surface area contributed by atoms with Crippen LogP contribution >= 0.6 is 22.6 Å². The first kappa shape index (κ1) is 14.2. The van der Waals surface area contributed by atoms with Crippen LogP contribution < -0.4 is 5.73 Å². The molecule has 2 N–H and O–H groups in total. The van der Waals surface area contributed by atoms with Gasteiger partial charge in [0, 0.05) is 42.8 Å². The molecule has 4 heteroatoms. The summed E-state index contributed by atoms with van der Waals surface area (Å²) in [6, 6.07) is 8.54. The van der Waals surface area contributed by atoms with E-state index in [1.807, 2.05) is 0 Å². The Balaban J connectivity index is 2.05. The van der Waals surface area contributed by atoms with Gasteiger partial charge < -0.3 is 15.2 Å². The first-order chi connectivity index (χ1) is 8.66. The van der Waals surface area contributed by atoms with Gasteiger partial charge >= 0.3 is 0 Å². The Kier molecular flexibility index (Phi) is 5.00. The zero-order chi connectivity index (χ0) is 13.0. The topological polar surface area (TPSA) is 44.5 Å². The molecule has 2 rings (SSSR count). The maximum Gasteiger partial charge on any atom is 0.0875 e. The molecule has 0 aliphatic carbocycles. The lowest BCUT2D eigenvalue weighted by atomic mass is 9.83. The second-order valence-electron chi connectivity index (χ2n) is 4.82. The number of ether oxygens (including phenoxy) is 2. The first-order valence-corrected chi connectivity index (χ1v) is 7.37. The van der Waals surface area contributed by atoms with Crippen molar-refractivity contribution in [1.29, 1.82) is 0 Å². The van der Waals surface area contributed by atoms with Gasteiger partial charge in [-0.1, -0.05) is 12.1 Å². The molecule has 1 aromatic carbocycles. The van der Waals surface area contributed by atoms with Crippen LogP contribution in [0.5, 0.6) is 0 Å². The van der Waals surface area contributed by atoms with Gasteiger partial charge in [-0.15, -0.1) is 0 Å². The molecule has 0 saturated carbocycles. The smallest absolute Gasteiger partial charge is 0.0875 e. The molecule has 1 heterocycles. The lowest BCUT2D eigenvalue weighted by Crippen LogP contribution is -2.53. The van der Waals surface area contributed by atoms with Crippen molar-refractivity contribution < 1.29 is 9.47 Å². The fraction of sp³-hybridized carbons (Fsp3) is 0.571. The van der Waals surface area contributed by atoms with E-state index in [1.165, 1.54) is 9.13 Å². The van der Waals surface area contributed by atoms with Crippen molar-refractivity contribution in [3.05, 3.63) is 33.4 Å². The first-order valence-electron chi connectivity index (χ1n) is 6.29. The molecule has 0 amide bonds. The molecule has 1 unspecified atom stereocenters. The largest absolute Gasteiger partial charge is 0.381 e. The molecule has 0 bridgehead atoms. The minimum atomic E-state index is -0.221. The minimum absolute atomic E-state index is 0.0199. The van der Waals surface area contributed by atoms with Crippen LogP contribution in [0.2, 0.25) is 0 Å². The minimum Gasteiger partial charge on any atom is -0.381 e. The van der Waals surface area contributed by atoms with Crippen molar-refractivity contribution in [3.63, 3.8) is 0 Å². The van der Waals surface area contributed by atoms with Crippen LogP contribution in [0.25, 0.3) is 0 Å². The van der Waals surface area contributed by atoms with Gasteiger partial charge in [0.05, 0.1) is 5.60 Å². The van der Waals surface area contributed by atoms with Crippen LogP contribution in [-0.2, 0) is 15.9 Å². The molecule has 3 nitrogen and oxygen atoms in total. The highest BCUT2D eigenvalue weighted by atomic mass is 127. The van der Waals surface area contributed by atoms with E-state index in [-0.39, 0.29) is 11.6 Å². The predicted molar refractivity (Wildman–Crippen MR) is 80.6 cm³/mol. The van der Waals surface area contributed by atoms with Gasteiger partial charge in [0.1, 0.15) is 0 Å². The Bertz CT molecular complexity index is 374. The monoisotopic (exact) mass is 361 g/mol. The molecule has 1 aliphatic rings. The molecule has 1 saturated heterocycles. The van der Waals surface area contributed by atoms with Crippen LogP contribution in [0.1, 0.15) is 18.4 Å². The SMILES string of the molecule is COC1(C(N)Cc2ccc(I)cc2)CCOCC1. The molecular formula is C14H20INO2. The summed E-state index contributed by atoms with van der Waals surface area (Å²) in [7, 11) is 1.76. The highest BCUT2D eigenvalue weighted by molar-refractivity contribution is 14.1. The quantitative estimate of drug-likeness (QED) is 0.838. The molecule has 100 valence electrons. The van der Waals surface area contributed by atoms with Crippen molar-refractivity contribution in [2.45, 2.75) is 30.9 Å². The summed E-state index contributed by atoms with van der Waals surface area (Å²) in [5.41, 5.74) is 7.43. The van der Waals surface area contributed by atoms with E-state index in [2.05, 4.69) is 46.9 Å². The summed E-state index contributed by atoms with van der Waals surface area (Å²) >= 11 is 2.31. The lowest BCUT2D eigenvalue weighted by Gasteiger charge is -2.40. The number of benzene rings is 1. The molecular weight excluding hydrogens is 341 g/mol. The number of hydrogen-bond donors (Lipinski definition) is 1. The van der Waals surface area contributed by atoms with E-state index in [1.54, 1.807) is 7.11 Å². The number of hydrogen-bond acceptors (Lipinski definition) is 3. The summed E-state index contributed by atoms with van der Waals surface area (Å²) in [5, 5.41) is 0. The number of methoxy groups -OCH3 is 1. The Hall–Kier alpha value is -0.170. The normalized spacial score (nSPS) is 20.6. The maximum absolute atomic E-state index is 6.38. The third kappa shape index (κ3) is 3.23. The molecule has 18 heavy (non-hydrogen) atoms. The van der Waals surface area contributed by atoms with E-state index in [4.69, 9.17) is 15.2 Å². The third-order valence-corrected chi connectivity index (χ3v) is 4.51. The van der Waals surface area contributed by atoms with Crippen LogP contribution in [0.15, 0.2) is 24.3 Å². The fourth-order valence-corrected chi connectivity index (χ4v) is 2.86. The van der Waals surface area contributed by atoms with Crippen molar-refractivity contribution in [2.24, 2.45) is 5.73 Å². The molecule has 0 radical (unpaired) electrons. The molecule has 1 aliphatic heterocycles. The highest BCUT2D eigenvalue weighted by Crippen LogP contribution is 2.29. The fourth-order valence-electron chi connectivity index (χ4n) is 2.50. The number of halogens is 1. The van der Waals surface area contributed by atoms with Crippen LogP contribution in [0, 0.1) is 3.57 Å². The van der Waals surface area contributed by atoms with E-state index >= 15 is 0 Å². The van der Waals surface area contributed by atoms with E-state index < -0.39 is 0 Å². The summed E-state index contributed by atoms with van der Waals surface area (Å²) in [6.45, 7) is 1.49. The van der Waals surface area contributed by atoms with Gasteiger partial charge in [-0.25, -0.2) is 0 Å². The van der Waals surface area contributed by atoms with Crippen molar-refractivity contribution in [2.75, 3.05) is 20.3 Å². The number of nitrogens with two attached hydrogens (primary N) is 1. The van der Waals surface area contributed by atoms with E-state index in [0.29, 0.717) is 0 Å². The highest BCUT2D eigenvalue weighted by Gasteiger charge is 2.38. The van der Waals surface area contributed by atoms with Gasteiger partial charge in [0.2, 0.25) is 0 Å². The second-order valence-corrected chi connectivity index (χ2v) is 6.06. The lowest BCUT2D eigenvalue weighted by molar-refractivity contribution is -0.103.